The van der Waals surface area contributed by atoms with Crippen LogP contribution in [-0.4, -0.2) is 27.5 Å². The van der Waals surface area contributed by atoms with Gasteiger partial charge in [-0.1, -0.05) is 40.2 Å². The number of hydrogen-bond acceptors (Lipinski definition) is 4. The molecule has 28 heavy (non-hydrogen) atoms. The molecule has 1 fully saturated rings. The number of aromatic nitrogens is 2. The number of carbonyl (C=O) groups excluding carboxylic acids is 1. The minimum Gasteiger partial charge on any atom is -0.363 e. The van der Waals surface area contributed by atoms with Gasteiger partial charge in [-0.05, 0) is 55.5 Å². The molecule has 2 heterocycles. The fraction of sp³-hybridized carbons (Fsp3) is 0.273. The number of imidazole rings is 1. The van der Waals surface area contributed by atoms with Gasteiger partial charge in [0, 0.05) is 22.3 Å². The van der Waals surface area contributed by atoms with E-state index in [9.17, 15) is 4.79 Å². The molecule has 2 aliphatic rings. The van der Waals surface area contributed by atoms with E-state index < -0.39 is 0 Å². The van der Waals surface area contributed by atoms with Crippen molar-refractivity contribution in [2.75, 3.05) is 6.54 Å². The Bertz CT molecular complexity index is 1030. The van der Waals surface area contributed by atoms with Crippen molar-refractivity contribution < 1.29 is 9.63 Å². The summed E-state index contributed by atoms with van der Waals surface area (Å²) >= 11 is 3.56. The first-order chi connectivity index (χ1) is 13.7. The van der Waals surface area contributed by atoms with E-state index in [-0.39, 0.29) is 12.0 Å². The molecule has 5 rings (SSSR count). The lowest BCUT2D eigenvalue weighted by Crippen LogP contribution is -2.27. The number of hydroxylamine groups is 2. The van der Waals surface area contributed by atoms with Crippen LogP contribution >= 0.6 is 15.9 Å². The van der Waals surface area contributed by atoms with E-state index in [1.165, 1.54) is 16.8 Å². The van der Waals surface area contributed by atoms with Gasteiger partial charge in [-0.2, -0.15) is 0 Å². The Morgan fingerprint density at radius 2 is 2.04 bits per heavy atom. The summed E-state index contributed by atoms with van der Waals surface area (Å²) in [5, 5.41) is 1.78. The van der Waals surface area contributed by atoms with Gasteiger partial charge in [-0.25, -0.2) is 9.78 Å². The lowest BCUT2D eigenvalue weighted by molar-refractivity contribution is -0.121. The van der Waals surface area contributed by atoms with Crippen molar-refractivity contribution in [3.05, 3.63) is 75.6 Å². The van der Waals surface area contributed by atoms with Crippen molar-refractivity contribution >= 4 is 21.9 Å². The maximum absolute atomic E-state index is 12.5. The zero-order valence-electron chi connectivity index (χ0n) is 15.3. The molecular formula is C22H20BrN3O2. The number of H-pyrrole nitrogens is 1. The third kappa shape index (κ3) is 3.16. The first kappa shape index (κ1) is 17.6. The number of nitrogens with one attached hydrogen (secondary N) is 1. The van der Waals surface area contributed by atoms with Crippen molar-refractivity contribution in [2.24, 2.45) is 0 Å². The molecule has 1 aliphatic heterocycles. The Balaban J connectivity index is 1.41. The summed E-state index contributed by atoms with van der Waals surface area (Å²) in [6.45, 7) is 0.720. The number of hydrogen-bond donors (Lipinski definition) is 1. The lowest BCUT2D eigenvalue weighted by Gasteiger charge is -2.21. The summed E-state index contributed by atoms with van der Waals surface area (Å²) in [6.07, 6.45) is 3.84. The maximum atomic E-state index is 12.5. The number of halogens is 1. The number of benzene rings is 2. The smallest absolute Gasteiger partial charge is 0.357 e. The van der Waals surface area contributed by atoms with E-state index >= 15 is 0 Å². The molecule has 1 aromatic heterocycles. The van der Waals surface area contributed by atoms with Gasteiger partial charge in [-0.15, -0.1) is 5.06 Å². The Morgan fingerprint density at radius 1 is 1.18 bits per heavy atom. The summed E-state index contributed by atoms with van der Waals surface area (Å²) in [6, 6.07) is 15.5. The summed E-state index contributed by atoms with van der Waals surface area (Å²) in [4.78, 5) is 26.6. The Hall–Kier alpha value is -2.44. The second-order valence-electron chi connectivity index (χ2n) is 7.29. The largest absolute Gasteiger partial charge is 0.363 e. The SMILES string of the molecule is O=C(ON1CCC[C@H]1c1nc2c([nH]1)CCc1cc(Br)ccc1-2)c1ccccc1. The van der Waals surface area contributed by atoms with Gasteiger partial charge < -0.3 is 9.82 Å². The highest BCUT2D eigenvalue weighted by Crippen LogP contribution is 2.37. The summed E-state index contributed by atoms with van der Waals surface area (Å²) in [5.74, 6) is 0.568. The maximum Gasteiger partial charge on any atom is 0.357 e. The van der Waals surface area contributed by atoms with Gasteiger partial charge >= 0.3 is 5.97 Å². The normalized spacial score (nSPS) is 18.5. The van der Waals surface area contributed by atoms with E-state index in [1.807, 2.05) is 18.2 Å². The zero-order chi connectivity index (χ0) is 19.1. The van der Waals surface area contributed by atoms with E-state index in [4.69, 9.17) is 9.82 Å². The van der Waals surface area contributed by atoms with Crippen LogP contribution in [0, 0.1) is 0 Å². The highest BCUT2D eigenvalue weighted by Gasteiger charge is 2.33. The predicted octanol–water partition coefficient (Wildman–Crippen LogP) is 4.85. The standard InChI is InChI=1S/C22H20BrN3O2/c23-16-9-10-17-15(13-16)8-11-18-20(17)25-21(24-18)19-7-4-12-26(19)28-22(27)14-5-2-1-3-6-14/h1-3,5-6,9-10,13,19H,4,7-8,11-12H2,(H,24,25)/t19-/m0/s1. The number of rotatable bonds is 3. The summed E-state index contributed by atoms with van der Waals surface area (Å²) in [7, 11) is 0. The van der Waals surface area contributed by atoms with Gasteiger partial charge in [0.15, 0.2) is 0 Å². The van der Waals surface area contributed by atoms with Crippen LogP contribution in [0.2, 0.25) is 0 Å². The first-order valence-electron chi connectivity index (χ1n) is 9.60. The average Bonchev–Trinajstić information content (AvgIpc) is 3.34. The number of aryl methyl sites for hydroxylation is 2. The molecule has 1 saturated heterocycles. The van der Waals surface area contributed by atoms with Crippen LogP contribution in [0.4, 0.5) is 0 Å². The quantitative estimate of drug-likeness (QED) is 0.636. The zero-order valence-corrected chi connectivity index (χ0v) is 16.9. The molecule has 0 bridgehead atoms. The number of nitrogens with zero attached hydrogens (tertiary/aromatic N) is 2. The number of aromatic amines is 1. The highest BCUT2D eigenvalue weighted by atomic mass is 79.9. The second kappa shape index (κ2) is 7.18. The third-order valence-corrected chi connectivity index (χ3v) is 5.99. The van der Waals surface area contributed by atoms with Crippen LogP contribution in [-0.2, 0) is 17.7 Å². The van der Waals surface area contributed by atoms with Gasteiger partial charge in [0.1, 0.15) is 11.9 Å². The van der Waals surface area contributed by atoms with Crippen LogP contribution < -0.4 is 0 Å². The molecule has 1 atom stereocenters. The van der Waals surface area contributed by atoms with Crippen LogP contribution in [0.5, 0.6) is 0 Å². The molecule has 2 aromatic carbocycles. The molecule has 5 nitrogen and oxygen atoms in total. The number of fused-ring (bicyclic) bond motifs is 3. The fourth-order valence-corrected chi connectivity index (χ4v) is 4.52. The molecule has 0 spiro atoms. The fourth-order valence-electron chi connectivity index (χ4n) is 4.11. The van der Waals surface area contributed by atoms with Crippen molar-refractivity contribution in [2.45, 2.75) is 31.7 Å². The summed E-state index contributed by atoms with van der Waals surface area (Å²) < 4.78 is 1.10. The lowest BCUT2D eigenvalue weighted by atomic mass is 9.92. The van der Waals surface area contributed by atoms with E-state index in [0.29, 0.717) is 5.56 Å². The summed E-state index contributed by atoms with van der Waals surface area (Å²) in [5.41, 5.74) is 5.28. The highest BCUT2D eigenvalue weighted by molar-refractivity contribution is 9.10. The molecule has 142 valence electrons. The van der Waals surface area contributed by atoms with E-state index in [0.717, 1.165) is 48.2 Å². The molecule has 1 N–H and O–H groups in total. The van der Waals surface area contributed by atoms with Crippen molar-refractivity contribution in [3.8, 4) is 11.3 Å². The average molecular weight is 438 g/mol. The van der Waals surface area contributed by atoms with Gasteiger partial charge in [-0.3, -0.25) is 0 Å². The van der Waals surface area contributed by atoms with Crippen LogP contribution in [0.15, 0.2) is 53.0 Å². The third-order valence-electron chi connectivity index (χ3n) is 5.49. The molecule has 1 aliphatic carbocycles. The Kier molecular flexibility index (Phi) is 4.53. The number of carbonyl (C=O) groups is 1. The second-order valence-corrected chi connectivity index (χ2v) is 8.21. The molecule has 0 radical (unpaired) electrons. The van der Waals surface area contributed by atoms with Crippen molar-refractivity contribution in [1.29, 1.82) is 0 Å². The predicted molar refractivity (Wildman–Crippen MR) is 110 cm³/mol. The Labute approximate surface area is 171 Å². The minimum absolute atomic E-state index is 0.0304. The van der Waals surface area contributed by atoms with Crippen LogP contribution in [0.25, 0.3) is 11.3 Å². The minimum atomic E-state index is -0.320. The monoisotopic (exact) mass is 437 g/mol. The van der Waals surface area contributed by atoms with Gasteiger partial charge in [0.25, 0.3) is 0 Å². The molecule has 3 aromatic rings. The van der Waals surface area contributed by atoms with Crippen LogP contribution in [0.1, 0.15) is 46.3 Å². The molecule has 0 unspecified atom stereocenters. The van der Waals surface area contributed by atoms with Crippen molar-refractivity contribution in [3.63, 3.8) is 0 Å². The van der Waals surface area contributed by atoms with Gasteiger partial charge in [0.05, 0.1) is 11.3 Å². The van der Waals surface area contributed by atoms with E-state index in [1.54, 1.807) is 17.2 Å². The Morgan fingerprint density at radius 3 is 2.89 bits per heavy atom. The molecule has 6 heteroatoms. The van der Waals surface area contributed by atoms with Crippen LogP contribution in [0.3, 0.4) is 0 Å². The van der Waals surface area contributed by atoms with E-state index in [2.05, 4.69) is 39.1 Å². The first-order valence-corrected chi connectivity index (χ1v) is 10.4. The van der Waals surface area contributed by atoms with Gasteiger partial charge in [0.2, 0.25) is 0 Å². The topological polar surface area (TPSA) is 58.2 Å². The molecule has 0 saturated carbocycles. The van der Waals surface area contributed by atoms with Crippen molar-refractivity contribution in [1.82, 2.24) is 15.0 Å². The molecule has 0 amide bonds. The molecular weight excluding hydrogens is 418 g/mol.